The van der Waals surface area contributed by atoms with Crippen molar-refractivity contribution in [1.82, 2.24) is 0 Å². The first kappa shape index (κ1) is 17.9. The molecule has 0 radical (unpaired) electrons. The van der Waals surface area contributed by atoms with Crippen molar-refractivity contribution in [2.75, 3.05) is 0 Å². The third-order valence-electron chi connectivity index (χ3n) is 0. The van der Waals surface area contributed by atoms with Gasteiger partial charge in [0.05, 0.1) is 0 Å². The molecule has 0 N–H and O–H groups in total. The van der Waals surface area contributed by atoms with Crippen molar-refractivity contribution in [2.45, 2.75) is 0 Å². The van der Waals surface area contributed by atoms with Gasteiger partial charge in [0.2, 0.25) is 0 Å². The second kappa shape index (κ2) is 24.6. The summed E-state index contributed by atoms with van der Waals surface area (Å²) in [5, 5.41) is 0. The van der Waals surface area contributed by atoms with Gasteiger partial charge in [0.15, 0.2) is 17.4 Å². The van der Waals surface area contributed by atoms with Crippen LogP contribution in [0.3, 0.4) is 0 Å². The van der Waals surface area contributed by atoms with Crippen LogP contribution in [0.5, 0.6) is 0 Å². The zero-order valence-electron chi connectivity index (χ0n) is 2.01. The molecule has 0 amide bonds. The zero-order valence-corrected chi connectivity index (χ0v) is 6.18. The van der Waals surface area contributed by atoms with Crippen molar-refractivity contribution in [3.63, 3.8) is 0 Å². The maximum atomic E-state index is 3.39. The van der Waals surface area contributed by atoms with E-state index >= 15 is 0 Å². The van der Waals surface area contributed by atoms with E-state index in [0.717, 1.165) is 10.2 Å². The molecule has 0 spiro atoms. The van der Waals surface area contributed by atoms with E-state index in [1.54, 1.807) is 0 Å². The Morgan fingerprint density at radius 3 is 1.25 bits per heavy atom. The Labute approximate surface area is 56.4 Å². The molecule has 0 rings (SSSR count). The SMILES string of the molecule is [AlH3].[Au+].[CH2-][SiH3]. The van der Waals surface area contributed by atoms with Crippen LogP contribution < -0.4 is 0 Å². The fourth-order valence-electron chi connectivity index (χ4n) is 0. The summed E-state index contributed by atoms with van der Waals surface area (Å²) in [6, 6.07) is 0. The number of rotatable bonds is 0. The van der Waals surface area contributed by atoms with Gasteiger partial charge in [0.25, 0.3) is 0 Å². The molecule has 3 heteroatoms. The summed E-state index contributed by atoms with van der Waals surface area (Å²) in [7, 11) is 1.06. The molecule has 0 aromatic heterocycles. The maximum absolute atomic E-state index is 3.39. The van der Waals surface area contributed by atoms with Crippen molar-refractivity contribution in [3.05, 3.63) is 6.55 Å². The Hall–Kier alpha value is 1.49. The van der Waals surface area contributed by atoms with Crippen LogP contribution in [0.1, 0.15) is 0 Å². The van der Waals surface area contributed by atoms with Crippen molar-refractivity contribution in [2.24, 2.45) is 0 Å². The van der Waals surface area contributed by atoms with Crippen LogP contribution in [0, 0.1) is 6.55 Å². The van der Waals surface area contributed by atoms with Crippen LogP contribution in [0.4, 0.5) is 0 Å². The Bertz CT molecular complexity index is 8.00. The number of hydrogen-bond acceptors (Lipinski definition) is 0. The second-order valence-electron chi connectivity index (χ2n) is 0. The molecule has 0 aliphatic carbocycles. The molecule has 0 fully saturated rings. The van der Waals surface area contributed by atoms with Gasteiger partial charge in [-0.2, -0.15) is 0 Å². The average Bonchev–Trinajstić information content (AvgIpc) is 1.00. The van der Waals surface area contributed by atoms with Gasteiger partial charge in [-0.25, -0.2) is 0 Å². The van der Waals surface area contributed by atoms with Crippen LogP contribution in [0.15, 0.2) is 0 Å². The van der Waals surface area contributed by atoms with Crippen molar-refractivity contribution in [3.8, 4) is 0 Å². The molecule has 0 heterocycles. The largest absolute Gasteiger partial charge is 1.00 e. The molecule has 0 saturated heterocycles. The monoisotopic (exact) mass is 272 g/mol. The number of hydrogen-bond donors (Lipinski definition) is 0. The minimum absolute atomic E-state index is 0. The van der Waals surface area contributed by atoms with E-state index in [4.69, 9.17) is 0 Å². The topological polar surface area (TPSA) is 0 Å². The summed E-state index contributed by atoms with van der Waals surface area (Å²) < 4.78 is 0. The first-order chi connectivity index (χ1) is 1.00. The molecule has 30 valence electrons. The quantitative estimate of drug-likeness (QED) is 0.352. The third kappa shape index (κ3) is 9.75. The second-order valence-corrected chi connectivity index (χ2v) is 0. The maximum Gasteiger partial charge on any atom is 1.00 e. The molecule has 0 atom stereocenters. The minimum Gasteiger partial charge on any atom is -0.351 e. The van der Waals surface area contributed by atoms with Crippen LogP contribution in [-0.2, 0) is 22.4 Å². The summed E-state index contributed by atoms with van der Waals surface area (Å²) in [5.41, 5.74) is 0. The molecule has 0 aromatic rings. The smallest absolute Gasteiger partial charge is 0.351 e. The first-order valence-electron chi connectivity index (χ1n) is 0.707. The van der Waals surface area contributed by atoms with E-state index in [0.29, 0.717) is 0 Å². The molecule has 0 saturated carbocycles. The minimum atomic E-state index is 0. The molecule has 0 aliphatic rings. The van der Waals surface area contributed by atoms with Gasteiger partial charge in [-0.05, 0) is 0 Å². The predicted molar refractivity (Wildman–Crippen MR) is 25.2 cm³/mol. The molecule has 0 bridgehead atoms. The van der Waals surface area contributed by atoms with Crippen LogP contribution in [0.2, 0.25) is 0 Å². The fourth-order valence-corrected chi connectivity index (χ4v) is 0. The summed E-state index contributed by atoms with van der Waals surface area (Å²) in [4.78, 5) is 0. The molecule has 0 aliphatic heterocycles. The van der Waals surface area contributed by atoms with Crippen molar-refractivity contribution < 1.29 is 22.4 Å². The summed E-state index contributed by atoms with van der Waals surface area (Å²) in [6.07, 6.45) is 0. The van der Waals surface area contributed by atoms with Gasteiger partial charge in [0, 0.05) is 0 Å². The Kier molecular flexibility index (Phi) is 110. The fraction of sp³-hybridized carbons (Fsp3) is 0. The molecule has 0 nitrogen and oxygen atoms in total. The van der Waals surface area contributed by atoms with Crippen molar-refractivity contribution >= 4 is 27.6 Å². The van der Waals surface area contributed by atoms with Crippen LogP contribution >= 0.6 is 0 Å². The van der Waals surface area contributed by atoms with Gasteiger partial charge in [-0.1, -0.05) is 0 Å². The molecular formula is CH8AlAuSi. The van der Waals surface area contributed by atoms with Crippen molar-refractivity contribution in [1.29, 1.82) is 0 Å². The normalized spacial score (nSPS) is 2.25. The van der Waals surface area contributed by atoms with E-state index < -0.39 is 0 Å². The van der Waals surface area contributed by atoms with Gasteiger partial charge in [0.1, 0.15) is 0 Å². The van der Waals surface area contributed by atoms with Crippen LogP contribution in [0.25, 0.3) is 0 Å². The summed E-state index contributed by atoms with van der Waals surface area (Å²) in [6.45, 7) is 3.39. The van der Waals surface area contributed by atoms with Crippen LogP contribution in [-0.4, -0.2) is 27.6 Å². The van der Waals surface area contributed by atoms with E-state index in [1.165, 1.54) is 0 Å². The van der Waals surface area contributed by atoms with Gasteiger partial charge < -0.3 is 6.55 Å². The summed E-state index contributed by atoms with van der Waals surface area (Å²) >= 11 is 0. The van der Waals surface area contributed by atoms with E-state index in [9.17, 15) is 0 Å². The Morgan fingerprint density at radius 2 is 1.25 bits per heavy atom. The molecule has 4 heavy (non-hydrogen) atoms. The van der Waals surface area contributed by atoms with E-state index in [1.807, 2.05) is 0 Å². The van der Waals surface area contributed by atoms with Gasteiger partial charge in [-0.3, -0.25) is 0 Å². The average molecular weight is 272 g/mol. The van der Waals surface area contributed by atoms with Gasteiger partial charge >= 0.3 is 22.4 Å². The summed E-state index contributed by atoms with van der Waals surface area (Å²) in [5.74, 6) is 0. The predicted octanol–water partition coefficient (Wildman–Crippen LogP) is -2.04. The third-order valence-corrected chi connectivity index (χ3v) is 0. The molecule has 0 unspecified atom stereocenters. The zero-order chi connectivity index (χ0) is 2.00. The van der Waals surface area contributed by atoms with E-state index in [-0.39, 0.29) is 39.7 Å². The standard InChI is InChI=1S/CH5Si.Al.Au.3H/c1-2;;;;;/h1H2,2H3;;;;;/q-1;;+1;;;. The van der Waals surface area contributed by atoms with E-state index in [2.05, 4.69) is 6.55 Å². The van der Waals surface area contributed by atoms with Gasteiger partial charge in [-0.15, -0.1) is 10.2 Å². The molecular weight excluding hydrogens is 264 g/mol. The first-order valence-corrected chi connectivity index (χ1v) is 2.12. The Morgan fingerprint density at radius 1 is 1.25 bits per heavy atom. The molecule has 0 aromatic carbocycles. The Balaban J connectivity index is -0.00000000500.